The number of methoxy groups -OCH3 is 2. The Morgan fingerprint density at radius 2 is 2.05 bits per heavy atom. The van der Waals surface area contributed by atoms with Crippen LogP contribution in [0.3, 0.4) is 0 Å². The summed E-state index contributed by atoms with van der Waals surface area (Å²) in [6, 6.07) is 7.98. The topological polar surface area (TPSA) is 90.5 Å². The highest BCUT2D eigenvalue weighted by molar-refractivity contribution is 6.17. The second kappa shape index (κ2) is 7.07. The Kier molecular flexibility index (Phi) is 4.92. The van der Waals surface area contributed by atoms with E-state index in [9.17, 15) is 9.59 Å². The molecule has 7 nitrogen and oxygen atoms in total. The number of carbonyl (C=O) groups excluding carboxylic acids is 1. The fourth-order valence-electron chi connectivity index (χ4n) is 1.75. The third kappa shape index (κ3) is 3.51. The minimum atomic E-state index is -0.572. The highest BCUT2D eigenvalue weighted by Gasteiger charge is 2.18. The molecule has 1 aromatic heterocycles. The van der Waals surface area contributed by atoms with E-state index < -0.39 is 5.97 Å². The molecular formula is C15H14N2O5. The highest BCUT2D eigenvalue weighted by atomic mass is 16.5. The Labute approximate surface area is 126 Å². The first kappa shape index (κ1) is 15.3. The number of nitrogens with zero attached hydrogens (tertiary/aromatic N) is 1. The van der Waals surface area contributed by atoms with E-state index >= 15 is 0 Å². The molecule has 114 valence electrons. The molecule has 2 aromatic rings. The second-order valence-electron chi connectivity index (χ2n) is 4.11. The molecule has 0 spiro atoms. The molecule has 0 aliphatic rings. The number of ether oxygens (including phenoxy) is 3. The van der Waals surface area contributed by atoms with Crippen molar-refractivity contribution in [3.05, 3.63) is 58.8 Å². The normalized spacial score (nSPS) is 10.9. The molecule has 0 atom stereocenters. The van der Waals surface area contributed by atoms with Gasteiger partial charge in [-0.3, -0.25) is 4.79 Å². The summed E-state index contributed by atoms with van der Waals surface area (Å²) in [5, 5.41) is 0. The van der Waals surface area contributed by atoms with Crippen molar-refractivity contribution in [2.45, 2.75) is 0 Å². The van der Waals surface area contributed by atoms with Crippen LogP contribution in [0.15, 0.2) is 47.7 Å². The largest absolute Gasteiger partial charge is 0.503 e. The number of benzene rings is 1. The Balaban J connectivity index is 2.43. The van der Waals surface area contributed by atoms with Gasteiger partial charge in [-0.1, -0.05) is 18.2 Å². The van der Waals surface area contributed by atoms with Gasteiger partial charge in [0.05, 0.1) is 32.9 Å². The molecule has 0 bridgehead atoms. The van der Waals surface area contributed by atoms with Crippen molar-refractivity contribution in [1.82, 2.24) is 9.97 Å². The van der Waals surface area contributed by atoms with Gasteiger partial charge in [-0.25, -0.2) is 9.78 Å². The summed E-state index contributed by atoms with van der Waals surface area (Å²) < 4.78 is 15.2. The number of H-pyrrole nitrogens is 1. The van der Waals surface area contributed by atoms with Crippen LogP contribution in [0.25, 0.3) is 5.57 Å². The van der Waals surface area contributed by atoms with Crippen LogP contribution in [0.1, 0.15) is 5.56 Å². The third-order valence-electron chi connectivity index (χ3n) is 2.69. The quantitative estimate of drug-likeness (QED) is 0.514. The average Bonchev–Trinajstić information content (AvgIpc) is 2.53. The average molecular weight is 302 g/mol. The van der Waals surface area contributed by atoms with Crippen LogP contribution < -0.4 is 10.3 Å². The van der Waals surface area contributed by atoms with Crippen molar-refractivity contribution in [2.75, 3.05) is 14.2 Å². The lowest BCUT2D eigenvalue weighted by atomic mass is 10.1. The van der Waals surface area contributed by atoms with Crippen molar-refractivity contribution in [3.8, 4) is 11.6 Å². The molecule has 0 fully saturated rings. The lowest BCUT2D eigenvalue weighted by Gasteiger charge is -2.11. The number of hydrogen-bond donors (Lipinski definition) is 1. The molecule has 0 aliphatic carbocycles. The van der Waals surface area contributed by atoms with Crippen LogP contribution >= 0.6 is 0 Å². The van der Waals surface area contributed by atoms with Crippen LogP contribution in [0, 0.1) is 0 Å². The molecule has 0 amide bonds. The zero-order valence-electron chi connectivity index (χ0n) is 12.0. The Morgan fingerprint density at radius 3 is 2.73 bits per heavy atom. The van der Waals surface area contributed by atoms with E-state index in [4.69, 9.17) is 14.2 Å². The monoisotopic (exact) mass is 302 g/mol. The maximum atomic E-state index is 11.9. The van der Waals surface area contributed by atoms with Gasteiger partial charge in [0, 0.05) is 5.56 Å². The van der Waals surface area contributed by atoms with Crippen LogP contribution in [-0.2, 0) is 14.3 Å². The maximum absolute atomic E-state index is 11.9. The Bertz CT molecular complexity index is 751. The third-order valence-corrected chi connectivity index (χ3v) is 2.69. The SMILES string of the molecule is CO/C=C(/C(=O)OC)c1ccccc1Oc1cc(=O)[nH]cn1. The molecule has 1 heterocycles. The lowest BCUT2D eigenvalue weighted by Crippen LogP contribution is -2.07. The molecule has 1 aromatic carbocycles. The molecule has 0 aliphatic heterocycles. The van der Waals surface area contributed by atoms with Gasteiger partial charge in [-0.2, -0.15) is 0 Å². The summed E-state index contributed by atoms with van der Waals surface area (Å²) >= 11 is 0. The Hall–Kier alpha value is -3.09. The van der Waals surface area contributed by atoms with Gasteiger partial charge in [-0.15, -0.1) is 0 Å². The van der Waals surface area contributed by atoms with Crippen LogP contribution in [0.2, 0.25) is 0 Å². The number of aromatic amines is 1. The predicted octanol–water partition coefficient (Wildman–Crippen LogP) is 1.72. The predicted molar refractivity (Wildman–Crippen MR) is 78.4 cm³/mol. The van der Waals surface area contributed by atoms with E-state index in [1.54, 1.807) is 24.3 Å². The molecule has 0 radical (unpaired) electrons. The fraction of sp³-hybridized carbons (Fsp3) is 0.133. The van der Waals surface area contributed by atoms with E-state index in [2.05, 4.69) is 9.97 Å². The summed E-state index contributed by atoms with van der Waals surface area (Å²) in [4.78, 5) is 29.4. The molecule has 0 saturated heterocycles. The number of carbonyl (C=O) groups is 1. The summed E-state index contributed by atoms with van der Waals surface area (Å²) in [6.07, 6.45) is 2.49. The number of aromatic nitrogens is 2. The summed E-state index contributed by atoms with van der Waals surface area (Å²) in [6.45, 7) is 0. The standard InChI is InChI=1S/C15H14N2O5/c1-20-8-11(15(19)21-2)10-5-3-4-6-12(10)22-14-7-13(18)16-9-17-14/h3-9H,1-2H3,(H,16,17,18)/b11-8+. The molecule has 22 heavy (non-hydrogen) atoms. The zero-order valence-corrected chi connectivity index (χ0v) is 12.0. The fourth-order valence-corrected chi connectivity index (χ4v) is 1.75. The van der Waals surface area contributed by atoms with Gasteiger partial charge < -0.3 is 19.2 Å². The summed E-state index contributed by atoms with van der Waals surface area (Å²) in [7, 11) is 2.69. The first-order valence-electron chi connectivity index (χ1n) is 6.29. The number of para-hydroxylation sites is 1. The van der Waals surface area contributed by atoms with E-state index in [1.807, 2.05) is 0 Å². The lowest BCUT2D eigenvalue weighted by molar-refractivity contribution is -0.133. The van der Waals surface area contributed by atoms with Gasteiger partial charge >= 0.3 is 5.97 Å². The maximum Gasteiger partial charge on any atom is 0.341 e. The summed E-state index contributed by atoms with van der Waals surface area (Å²) in [5.74, 6) is -0.121. The van der Waals surface area contributed by atoms with Gasteiger partial charge in [-0.05, 0) is 6.07 Å². The van der Waals surface area contributed by atoms with Crippen LogP contribution in [0.5, 0.6) is 11.6 Å². The zero-order chi connectivity index (χ0) is 15.9. The smallest absolute Gasteiger partial charge is 0.341 e. The van der Waals surface area contributed by atoms with Gasteiger partial charge in [0.15, 0.2) is 0 Å². The van der Waals surface area contributed by atoms with Crippen LogP contribution in [0.4, 0.5) is 0 Å². The molecular weight excluding hydrogens is 288 g/mol. The Morgan fingerprint density at radius 1 is 1.27 bits per heavy atom. The van der Waals surface area contributed by atoms with Gasteiger partial charge in [0.25, 0.3) is 5.56 Å². The van der Waals surface area contributed by atoms with Crippen molar-refractivity contribution in [3.63, 3.8) is 0 Å². The van der Waals surface area contributed by atoms with Crippen LogP contribution in [-0.4, -0.2) is 30.2 Å². The van der Waals surface area contributed by atoms with Crippen molar-refractivity contribution < 1.29 is 19.0 Å². The molecule has 0 unspecified atom stereocenters. The van der Waals surface area contributed by atoms with E-state index in [0.29, 0.717) is 11.3 Å². The first-order valence-corrected chi connectivity index (χ1v) is 6.29. The molecule has 7 heteroatoms. The van der Waals surface area contributed by atoms with Gasteiger partial charge in [0.1, 0.15) is 11.3 Å². The van der Waals surface area contributed by atoms with E-state index in [1.165, 1.54) is 32.9 Å². The first-order chi connectivity index (χ1) is 10.7. The van der Waals surface area contributed by atoms with Crippen molar-refractivity contribution >= 4 is 11.5 Å². The van der Waals surface area contributed by atoms with Crippen molar-refractivity contribution in [2.24, 2.45) is 0 Å². The molecule has 1 N–H and O–H groups in total. The summed E-state index contributed by atoms with van der Waals surface area (Å²) in [5.41, 5.74) is 0.298. The van der Waals surface area contributed by atoms with Gasteiger partial charge in [0.2, 0.25) is 5.88 Å². The number of esters is 1. The van der Waals surface area contributed by atoms with E-state index in [-0.39, 0.29) is 17.0 Å². The number of hydrogen-bond acceptors (Lipinski definition) is 6. The minimum Gasteiger partial charge on any atom is -0.503 e. The molecule has 2 rings (SSSR count). The highest BCUT2D eigenvalue weighted by Crippen LogP contribution is 2.29. The van der Waals surface area contributed by atoms with Crippen molar-refractivity contribution in [1.29, 1.82) is 0 Å². The minimum absolute atomic E-state index is 0.109. The molecule has 0 saturated carbocycles. The number of nitrogens with one attached hydrogen (secondary N) is 1. The second-order valence-corrected chi connectivity index (χ2v) is 4.11. The number of rotatable bonds is 5. The van der Waals surface area contributed by atoms with E-state index in [0.717, 1.165) is 0 Å².